The highest BCUT2D eigenvalue weighted by Crippen LogP contribution is 2.50. The Hall–Kier alpha value is -2.53. The van der Waals surface area contributed by atoms with Crippen LogP contribution in [0, 0.1) is 5.92 Å². The van der Waals surface area contributed by atoms with E-state index in [1.54, 1.807) is 12.4 Å². The van der Waals surface area contributed by atoms with Crippen molar-refractivity contribution in [3.8, 4) is 5.75 Å². The van der Waals surface area contributed by atoms with Crippen LogP contribution in [-0.4, -0.2) is 65.7 Å². The van der Waals surface area contributed by atoms with E-state index < -0.39 is 23.5 Å². The van der Waals surface area contributed by atoms with E-state index in [-0.39, 0.29) is 5.60 Å². The van der Waals surface area contributed by atoms with Crippen molar-refractivity contribution in [3.63, 3.8) is 0 Å². The monoisotopic (exact) mass is 529 g/mol. The first-order valence-corrected chi connectivity index (χ1v) is 12.5. The number of alkyl halides is 6. The lowest BCUT2D eigenvalue weighted by molar-refractivity contribution is -0.376. The first-order valence-electron chi connectivity index (χ1n) is 12.5. The van der Waals surface area contributed by atoms with E-state index in [1.807, 2.05) is 11.0 Å². The molecule has 0 bridgehead atoms. The van der Waals surface area contributed by atoms with Crippen LogP contribution in [0.4, 0.5) is 32.0 Å². The Balaban J connectivity index is 1.13. The first kappa shape index (κ1) is 26.1. The van der Waals surface area contributed by atoms with Gasteiger partial charge in [0, 0.05) is 75.0 Å². The Kier molecular flexibility index (Phi) is 6.59. The number of hydrogen-bond donors (Lipinski definition) is 1. The van der Waals surface area contributed by atoms with E-state index in [2.05, 4.69) is 9.88 Å². The van der Waals surface area contributed by atoms with Gasteiger partial charge in [0.2, 0.25) is 0 Å². The summed E-state index contributed by atoms with van der Waals surface area (Å²) in [5.74, 6) is 1.36. The SMILES string of the molecule is OC(c1ccc(N2CCC(CN3CCC4(CC3)Cc3ccncc3O4)CC2)cc1)(C(F)(F)F)C(F)(F)F. The molecule has 2 saturated heterocycles. The summed E-state index contributed by atoms with van der Waals surface area (Å²) in [7, 11) is 0. The number of halogens is 6. The fraction of sp³-hybridized carbons (Fsp3) is 0.577. The second kappa shape index (κ2) is 9.34. The molecule has 3 aliphatic heterocycles. The summed E-state index contributed by atoms with van der Waals surface area (Å²) in [6.07, 6.45) is -3.61. The number of hydrogen-bond acceptors (Lipinski definition) is 5. The van der Waals surface area contributed by atoms with Crippen LogP contribution in [0.1, 0.15) is 36.8 Å². The molecule has 4 heterocycles. The van der Waals surface area contributed by atoms with Crippen molar-refractivity contribution in [1.82, 2.24) is 9.88 Å². The van der Waals surface area contributed by atoms with Gasteiger partial charge in [0.1, 0.15) is 11.4 Å². The van der Waals surface area contributed by atoms with Crippen LogP contribution in [0.15, 0.2) is 42.7 Å². The maximum atomic E-state index is 13.1. The molecule has 11 heteroatoms. The van der Waals surface area contributed by atoms with Gasteiger partial charge in [0.05, 0.1) is 6.20 Å². The van der Waals surface area contributed by atoms with Crippen LogP contribution < -0.4 is 9.64 Å². The summed E-state index contributed by atoms with van der Waals surface area (Å²) < 4.78 is 85.1. The molecule has 0 unspecified atom stereocenters. The summed E-state index contributed by atoms with van der Waals surface area (Å²) in [4.78, 5) is 8.57. The lowest BCUT2D eigenvalue weighted by atomic mass is 9.86. The molecular weight excluding hydrogens is 500 g/mol. The van der Waals surface area contributed by atoms with Crippen LogP contribution in [-0.2, 0) is 12.0 Å². The molecule has 2 fully saturated rings. The third kappa shape index (κ3) is 4.87. The van der Waals surface area contributed by atoms with Gasteiger partial charge in [-0.2, -0.15) is 26.3 Å². The molecule has 0 atom stereocenters. The fourth-order valence-electron chi connectivity index (χ4n) is 5.83. The fourth-order valence-corrected chi connectivity index (χ4v) is 5.83. The van der Waals surface area contributed by atoms with E-state index in [0.717, 1.165) is 57.5 Å². The van der Waals surface area contributed by atoms with Gasteiger partial charge < -0.3 is 19.6 Å². The second-order valence-corrected chi connectivity index (χ2v) is 10.4. The maximum Gasteiger partial charge on any atom is 0.430 e. The summed E-state index contributed by atoms with van der Waals surface area (Å²) >= 11 is 0. The third-order valence-corrected chi connectivity index (χ3v) is 8.08. The summed E-state index contributed by atoms with van der Waals surface area (Å²) in [5.41, 5.74) is -4.52. The maximum absolute atomic E-state index is 13.1. The number of piperidine rings is 2. The molecule has 202 valence electrons. The van der Waals surface area contributed by atoms with E-state index in [4.69, 9.17) is 4.74 Å². The molecule has 0 saturated carbocycles. The summed E-state index contributed by atoms with van der Waals surface area (Å²) in [6, 6.07) is 5.88. The number of anilines is 1. The average molecular weight is 530 g/mol. The van der Waals surface area contributed by atoms with Crippen LogP contribution in [0.25, 0.3) is 0 Å². The van der Waals surface area contributed by atoms with Crippen molar-refractivity contribution in [3.05, 3.63) is 53.9 Å². The normalized spacial score (nSPS) is 21.2. The average Bonchev–Trinajstić information content (AvgIpc) is 3.22. The smallest absolute Gasteiger partial charge is 0.430 e. The quantitative estimate of drug-likeness (QED) is 0.560. The topological polar surface area (TPSA) is 48.8 Å². The van der Waals surface area contributed by atoms with Crippen LogP contribution in [0.5, 0.6) is 5.75 Å². The van der Waals surface area contributed by atoms with Crippen molar-refractivity contribution in [2.75, 3.05) is 37.6 Å². The zero-order valence-corrected chi connectivity index (χ0v) is 20.2. The van der Waals surface area contributed by atoms with Gasteiger partial charge in [0.25, 0.3) is 5.60 Å². The molecule has 3 aliphatic rings. The Labute approximate surface area is 211 Å². The zero-order valence-electron chi connectivity index (χ0n) is 20.2. The minimum Gasteiger partial charge on any atom is -0.485 e. The third-order valence-electron chi connectivity index (χ3n) is 8.08. The molecule has 1 N–H and O–H groups in total. The molecule has 1 aromatic heterocycles. The molecule has 1 spiro atoms. The Bertz CT molecular complexity index is 1050. The van der Waals surface area contributed by atoms with Crippen molar-refractivity contribution >= 4 is 5.69 Å². The van der Waals surface area contributed by atoms with E-state index in [1.165, 1.54) is 17.7 Å². The number of fused-ring (bicyclic) bond motifs is 1. The lowest BCUT2D eigenvalue weighted by Crippen LogP contribution is -2.53. The molecular formula is C26H29F6N3O2. The zero-order chi connectivity index (χ0) is 26.5. The number of rotatable bonds is 4. The Morgan fingerprint density at radius 1 is 0.919 bits per heavy atom. The molecule has 0 radical (unpaired) electrons. The van der Waals surface area contributed by atoms with Gasteiger partial charge in [-0.1, -0.05) is 12.1 Å². The highest BCUT2D eigenvalue weighted by Gasteiger charge is 2.71. The van der Waals surface area contributed by atoms with Gasteiger partial charge in [-0.05, 0) is 37.0 Å². The largest absolute Gasteiger partial charge is 0.485 e. The summed E-state index contributed by atoms with van der Waals surface area (Å²) in [6.45, 7) is 4.18. The Morgan fingerprint density at radius 3 is 2.11 bits per heavy atom. The minimum absolute atomic E-state index is 0.137. The van der Waals surface area contributed by atoms with Gasteiger partial charge >= 0.3 is 12.4 Å². The van der Waals surface area contributed by atoms with Gasteiger partial charge in [-0.15, -0.1) is 0 Å². The van der Waals surface area contributed by atoms with E-state index in [9.17, 15) is 31.4 Å². The molecule has 0 aliphatic carbocycles. The number of ether oxygens (including phenoxy) is 1. The van der Waals surface area contributed by atoms with Crippen molar-refractivity contribution in [1.29, 1.82) is 0 Å². The summed E-state index contributed by atoms with van der Waals surface area (Å²) in [5, 5.41) is 9.58. The lowest BCUT2D eigenvalue weighted by Gasteiger charge is -2.41. The van der Waals surface area contributed by atoms with Gasteiger partial charge in [-0.3, -0.25) is 4.98 Å². The van der Waals surface area contributed by atoms with Crippen molar-refractivity contribution < 1.29 is 36.2 Å². The number of benzene rings is 1. The number of pyridine rings is 1. The molecule has 0 amide bonds. The number of aromatic nitrogens is 1. The molecule has 5 rings (SSSR count). The van der Waals surface area contributed by atoms with Gasteiger partial charge in [-0.25, -0.2) is 0 Å². The molecule has 2 aromatic rings. The predicted octanol–water partition coefficient (Wildman–Crippen LogP) is 5.08. The van der Waals surface area contributed by atoms with Crippen LogP contribution >= 0.6 is 0 Å². The van der Waals surface area contributed by atoms with E-state index >= 15 is 0 Å². The van der Waals surface area contributed by atoms with Crippen molar-refractivity contribution in [2.45, 2.75) is 55.7 Å². The Morgan fingerprint density at radius 2 is 1.54 bits per heavy atom. The second-order valence-electron chi connectivity index (χ2n) is 10.4. The number of aliphatic hydroxyl groups is 1. The van der Waals surface area contributed by atoms with Gasteiger partial charge in [0.15, 0.2) is 0 Å². The highest BCUT2D eigenvalue weighted by atomic mass is 19.4. The molecule has 37 heavy (non-hydrogen) atoms. The number of nitrogens with zero attached hydrogens (tertiary/aromatic N) is 3. The van der Waals surface area contributed by atoms with Crippen LogP contribution in [0.2, 0.25) is 0 Å². The molecule has 5 nitrogen and oxygen atoms in total. The first-order chi connectivity index (χ1) is 17.4. The highest BCUT2D eigenvalue weighted by molar-refractivity contribution is 5.49. The van der Waals surface area contributed by atoms with E-state index in [0.29, 0.717) is 36.8 Å². The number of likely N-dealkylation sites (tertiary alicyclic amines) is 1. The molecule has 1 aromatic carbocycles. The predicted molar refractivity (Wildman–Crippen MR) is 124 cm³/mol. The van der Waals surface area contributed by atoms with Crippen LogP contribution in [0.3, 0.4) is 0 Å². The minimum atomic E-state index is -5.88. The van der Waals surface area contributed by atoms with Crippen molar-refractivity contribution in [2.24, 2.45) is 5.92 Å². The standard InChI is InChI=1S/C26H29F6N3O2/c27-25(28,29)24(36,26(30,31)32)20-1-3-21(4-2-20)35-11-6-18(7-12-35)17-34-13-8-23(9-14-34)15-19-5-10-33-16-22(19)37-23/h1-5,10,16,18,36H,6-9,11-15,17H2.